The number of nitrogens with zero attached hydrogens (tertiary/aromatic N) is 3. The van der Waals surface area contributed by atoms with E-state index < -0.39 is 5.60 Å². The zero-order valence-electron chi connectivity index (χ0n) is 34.9. The van der Waals surface area contributed by atoms with E-state index in [1.165, 1.54) is 22.3 Å². The molecule has 1 aromatic heterocycles. The van der Waals surface area contributed by atoms with Crippen molar-refractivity contribution in [1.29, 1.82) is 0 Å². The number of ether oxygens (including phenoxy) is 4. The van der Waals surface area contributed by atoms with Crippen molar-refractivity contribution >= 4 is 16.8 Å². The lowest BCUT2D eigenvalue weighted by molar-refractivity contribution is 0.163. The smallest absolute Gasteiger partial charge is 0.178 e. The lowest BCUT2D eigenvalue weighted by atomic mass is 9.71. The van der Waals surface area contributed by atoms with Gasteiger partial charge in [-0.1, -0.05) is 123 Å². The second-order valence-electron chi connectivity index (χ2n) is 15.6. The summed E-state index contributed by atoms with van der Waals surface area (Å²) in [7, 11) is 5.14. The first-order valence-electron chi connectivity index (χ1n) is 20.8. The summed E-state index contributed by atoms with van der Waals surface area (Å²) in [6, 6.07) is 49.6. The lowest BCUT2D eigenvalue weighted by Crippen LogP contribution is -2.35. The minimum absolute atomic E-state index is 0.255. The van der Waals surface area contributed by atoms with E-state index in [4.69, 9.17) is 33.9 Å². The third-order valence-corrected chi connectivity index (χ3v) is 12.7. The fraction of sp³-hybridized carbons (Fsp3) is 0.167. The molecule has 0 spiro atoms. The first kappa shape index (κ1) is 38.0. The van der Waals surface area contributed by atoms with E-state index in [1.807, 2.05) is 72.8 Å². The van der Waals surface area contributed by atoms with Gasteiger partial charge in [-0.3, -0.25) is 0 Å². The van der Waals surface area contributed by atoms with Crippen LogP contribution in [0.4, 0.5) is 0 Å². The van der Waals surface area contributed by atoms with Crippen LogP contribution in [0.15, 0.2) is 152 Å². The Morgan fingerprint density at radius 1 is 0.525 bits per heavy atom. The second kappa shape index (κ2) is 15.1. The fourth-order valence-corrected chi connectivity index (χ4v) is 9.53. The number of benzene rings is 7. The van der Waals surface area contributed by atoms with E-state index in [2.05, 4.69) is 98.8 Å². The van der Waals surface area contributed by atoms with Gasteiger partial charge in [-0.25, -0.2) is 15.0 Å². The molecule has 0 N–H and O–H groups in total. The Bertz CT molecular complexity index is 2900. The number of methoxy groups -OCH3 is 3. The molecule has 7 aromatic carbocycles. The molecule has 0 saturated carbocycles. The summed E-state index contributed by atoms with van der Waals surface area (Å²) < 4.78 is 25.0. The van der Waals surface area contributed by atoms with Gasteiger partial charge >= 0.3 is 0 Å². The van der Waals surface area contributed by atoms with E-state index in [-0.39, 0.29) is 5.41 Å². The highest BCUT2D eigenvalue weighted by atomic mass is 16.5. The first-order chi connectivity index (χ1) is 29.9. The van der Waals surface area contributed by atoms with Gasteiger partial charge in [-0.05, 0) is 89.0 Å². The minimum atomic E-state index is -1.01. The van der Waals surface area contributed by atoms with Crippen molar-refractivity contribution in [2.24, 2.45) is 0 Å². The Labute approximate surface area is 356 Å². The number of fused-ring (bicyclic) bond motifs is 8. The molecule has 1 aliphatic carbocycles. The van der Waals surface area contributed by atoms with Gasteiger partial charge in [0.15, 0.2) is 23.1 Å². The van der Waals surface area contributed by atoms with Crippen molar-refractivity contribution in [3.8, 4) is 68.3 Å². The van der Waals surface area contributed by atoms with Crippen LogP contribution in [-0.2, 0) is 11.0 Å². The number of aromatic nitrogens is 3. The molecule has 1 atom stereocenters. The molecule has 0 saturated heterocycles. The average molecular weight is 800 g/mol. The molecule has 7 nitrogen and oxygen atoms in total. The summed E-state index contributed by atoms with van der Waals surface area (Å²) in [5, 5.41) is 2.11. The highest BCUT2D eigenvalue weighted by molar-refractivity contribution is 6.09. The SMILES string of the molecule is CCC1(CC)c2cc(OC)ccc2-c2c1c1c(c3cc(OC)ccc23)OC(c2ccc(OC)cc2)(c2ccc(-c3nc(-c4ccccc4)nc(-c4ccccc4)n3)cc2)C=C1. The van der Waals surface area contributed by atoms with Crippen LogP contribution in [0.1, 0.15) is 54.5 Å². The Kier molecular flexibility index (Phi) is 9.40. The molecule has 300 valence electrons. The Morgan fingerprint density at radius 3 is 1.59 bits per heavy atom. The molecule has 61 heavy (non-hydrogen) atoms. The molecule has 10 rings (SSSR count). The maximum absolute atomic E-state index is 7.68. The van der Waals surface area contributed by atoms with Gasteiger partial charge in [0, 0.05) is 44.2 Å². The summed E-state index contributed by atoms with van der Waals surface area (Å²) in [4.78, 5) is 14.9. The van der Waals surface area contributed by atoms with Crippen molar-refractivity contribution in [2.45, 2.75) is 37.7 Å². The van der Waals surface area contributed by atoms with Crippen molar-refractivity contribution in [3.05, 3.63) is 179 Å². The molecule has 1 aliphatic heterocycles. The molecule has 8 aromatic rings. The second-order valence-corrected chi connectivity index (χ2v) is 15.6. The number of hydrogen-bond acceptors (Lipinski definition) is 7. The van der Waals surface area contributed by atoms with E-state index in [0.29, 0.717) is 17.5 Å². The van der Waals surface area contributed by atoms with Gasteiger partial charge in [-0.15, -0.1) is 0 Å². The highest BCUT2D eigenvalue weighted by Gasteiger charge is 2.47. The summed E-state index contributed by atoms with van der Waals surface area (Å²) in [6.45, 7) is 4.59. The van der Waals surface area contributed by atoms with E-state index in [0.717, 1.165) is 80.0 Å². The van der Waals surface area contributed by atoms with Crippen LogP contribution in [0.25, 0.3) is 62.1 Å². The van der Waals surface area contributed by atoms with Crippen molar-refractivity contribution < 1.29 is 18.9 Å². The highest BCUT2D eigenvalue weighted by Crippen LogP contribution is 2.61. The van der Waals surface area contributed by atoms with Gasteiger partial charge in [0.25, 0.3) is 0 Å². The fourth-order valence-electron chi connectivity index (χ4n) is 9.53. The third-order valence-electron chi connectivity index (χ3n) is 12.7. The molecule has 2 aliphatic rings. The van der Waals surface area contributed by atoms with Crippen molar-refractivity contribution in [2.75, 3.05) is 21.3 Å². The minimum Gasteiger partial charge on any atom is -0.497 e. The molecule has 2 heterocycles. The molecule has 0 bridgehead atoms. The normalized spacial score (nSPS) is 15.7. The summed E-state index contributed by atoms with van der Waals surface area (Å²) in [5.41, 5.74) is 9.50. The molecular formula is C54H45N3O4. The Hall–Kier alpha value is -7.25. The standard InChI is InChI=1S/C54H45N3O4/c1-6-53(7-2)46-33-41(60-5)27-29-43(46)47-42-28-26-40(59-4)32-45(42)49-44(48(47)53)30-31-54(61-49,38-22-24-39(58-3)25-23-38)37-20-18-36(19-21-37)52-56-50(34-14-10-8-11-15-34)55-51(57-52)35-16-12-9-13-17-35/h8-33H,6-7H2,1-5H3. The van der Waals surface area contributed by atoms with Crippen LogP contribution in [0.3, 0.4) is 0 Å². The zero-order valence-corrected chi connectivity index (χ0v) is 34.9. The van der Waals surface area contributed by atoms with Crippen LogP contribution in [0, 0.1) is 0 Å². The van der Waals surface area contributed by atoms with Gasteiger partial charge in [-0.2, -0.15) is 0 Å². The largest absolute Gasteiger partial charge is 0.497 e. The van der Waals surface area contributed by atoms with Gasteiger partial charge in [0.1, 0.15) is 23.0 Å². The van der Waals surface area contributed by atoms with Crippen LogP contribution in [0.2, 0.25) is 0 Å². The molecule has 7 heteroatoms. The van der Waals surface area contributed by atoms with Crippen molar-refractivity contribution in [1.82, 2.24) is 15.0 Å². The predicted molar refractivity (Wildman–Crippen MR) is 243 cm³/mol. The van der Waals surface area contributed by atoms with E-state index in [9.17, 15) is 0 Å². The monoisotopic (exact) mass is 799 g/mol. The molecule has 0 fully saturated rings. The Balaban J connectivity index is 1.17. The summed E-state index contributed by atoms with van der Waals surface area (Å²) in [5.74, 6) is 5.02. The topological polar surface area (TPSA) is 75.6 Å². The van der Waals surface area contributed by atoms with E-state index in [1.54, 1.807) is 21.3 Å². The molecule has 0 radical (unpaired) electrons. The third kappa shape index (κ3) is 6.06. The average Bonchev–Trinajstić information content (AvgIpc) is 3.64. The molecular weight excluding hydrogens is 755 g/mol. The van der Waals surface area contributed by atoms with Gasteiger partial charge < -0.3 is 18.9 Å². The number of hydrogen-bond donors (Lipinski definition) is 0. The predicted octanol–water partition coefficient (Wildman–Crippen LogP) is 12.5. The first-order valence-corrected chi connectivity index (χ1v) is 20.8. The molecule has 0 amide bonds. The van der Waals surface area contributed by atoms with E-state index >= 15 is 0 Å². The quantitative estimate of drug-likeness (QED) is 0.136. The van der Waals surface area contributed by atoms with Gasteiger partial charge in [0.05, 0.1) is 21.3 Å². The maximum Gasteiger partial charge on any atom is 0.178 e. The Morgan fingerprint density at radius 2 is 1.03 bits per heavy atom. The van der Waals surface area contributed by atoms with Crippen molar-refractivity contribution in [3.63, 3.8) is 0 Å². The van der Waals surface area contributed by atoms with Crippen LogP contribution in [-0.4, -0.2) is 36.3 Å². The lowest BCUT2D eigenvalue weighted by Gasteiger charge is -2.39. The van der Waals surface area contributed by atoms with Crippen LogP contribution in [0.5, 0.6) is 23.0 Å². The summed E-state index contributed by atoms with van der Waals surface area (Å²) >= 11 is 0. The maximum atomic E-state index is 7.68. The van der Waals surface area contributed by atoms with Gasteiger partial charge in [0.2, 0.25) is 0 Å². The number of rotatable bonds is 10. The summed E-state index contributed by atoms with van der Waals surface area (Å²) in [6.07, 6.45) is 6.35. The van der Waals surface area contributed by atoms with Crippen LogP contribution < -0.4 is 18.9 Å². The molecule has 1 unspecified atom stereocenters. The van der Waals surface area contributed by atoms with Crippen LogP contribution >= 0.6 is 0 Å². The zero-order chi connectivity index (χ0) is 41.7.